The molecule has 10 nitrogen and oxygen atoms in total. The number of halogens is 1. The zero-order chi connectivity index (χ0) is 28.1. The molecule has 1 N–H and O–H groups in total. The second-order valence-corrected chi connectivity index (χ2v) is 9.55. The van der Waals surface area contributed by atoms with Gasteiger partial charge in [0.1, 0.15) is 11.6 Å². The number of esters is 1. The highest BCUT2D eigenvalue weighted by atomic mass is 35.5. The smallest absolute Gasteiger partial charge is 0.338 e. The van der Waals surface area contributed by atoms with E-state index in [1.807, 2.05) is 42.5 Å². The molecular weight excluding hydrogens is 532 g/mol. The van der Waals surface area contributed by atoms with Gasteiger partial charge in [0, 0.05) is 17.0 Å². The first-order valence-corrected chi connectivity index (χ1v) is 13.2. The van der Waals surface area contributed by atoms with Gasteiger partial charge in [-0.1, -0.05) is 66.6 Å². The fourth-order valence-electron chi connectivity index (χ4n) is 4.49. The number of hydrogen-bond acceptors (Lipinski definition) is 8. The summed E-state index contributed by atoms with van der Waals surface area (Å²) in [5.41, 5.74) is 1.95. The number of nitrogens with one attached hydrogen (secondary N) is 1. The molecule has 3 aromatic carbocycles. The van der Waals surface area contributed by atoms with Crippen molar-refractivity contribution < 1.29 is 14.3 Å². The van der Waals surface area contributed by atoms with Gasteiger partial charge in [-0.05, 0) is 42.3 Å². The maximum Gasteiger partial charge on any atom is 0.338 e. The lowest BCUT2D eigenvalue weighted by Gasteiger charge is -2.18. The Balaban J connectivity index is 1.48. The van der Waals surface area contributed by atoms with Crippen LogP contribution in [0.25, 0.3) is 10.9 Å². The Bertz CT molecular complexity index is 1690. The van der Waals surface area contributed by atoms with E-state index >= 15 is 0 Å². The van der Waals surface area contributed by atoms with Crippen molar-refractivity contribution in [2.24, 2.45) is 0 Å². The van der Waals surface area contributed by atoms with Gasteiger partial charge in [0.05, 0.1) is 30.1 Å². The van der Waals surface area contributed by atoms with Crippen LogP contribution in [0.5, 0.6) is 5.75 Å². The number of ether oxygens (including phenoxy) is 2. The number of aromatic nitrogens is 6. The number of unbranched alkanes of at least 4 members (excludes halogenated alkanes) is 1. The highest BCUT2D eigenvalue weighted by Gasteiger charge is 2.23. The fraction of sp³-hybridized carbons (Fsp3) is 0.241. The molecule has 0 spiro atoms. The van der Waals surface area contributed by atoms with E-state index in [-0.39, 0.29) is 23.1 Å². The van der Waals surface area contributed by atoms with Crippen LogP contribution in [0, 0.1) is 0 Å². The zero-order valence-electron chi connectivity index (χ0n) is 22.0. The summed E-state index contributed by atoms with van der Waals surface area (Å²) < 4.78 is 12.8. The molecule has 0 fully saturated rings. The quantitative estimate of drug-likeness (QED) is 0.240. The Hall–Kier alpha value is -4.57. The van der Waals surface area contributed by atoms with Crippen molar-refractivity contribution in [1.29, 1.82) is 0 Å². The van der Waals surface area contributed by atoms with E-state index < -0.39 is 12.1 Å². The number of H-pyrrole nitrogens is 1. The number of aryl methyl sites for hydroxylation is 1. The molecule has 40 heavy (non-hydrogen) atoms. The molecule has 2 aromatic heterocycles. The monoisotopic (exact) mass is 558 g/mol. The summed E-state index contributed by atoms with van der Waals surface area (Å²) in [4.78, 5) is 30.9. The normalized spacial score (nSPS) is 11.9. The van der Waals surface area contributed by atoms with Gasteiger partial charge >= 0.3 is 5.97 Å². The van der Waals surface area contributed by atoms with Crippen LogP contribution < -0.4 is 10.3 Å². The molecule has 0 aliphatic heterocycles. The Labute approximate surface area is 234 Å². The summed E-state index contributed by atoms with van der Waals surface area (Å²) in [6, 6.07) is 19.7. The molecule has 0 bridgehead atoms. The number of nitrogens with zero attached hydrogens (tertiary/aromatic N) is 5. The van der Waals surface area contributed by atoms with Gasteiger partial charge in [0.2, 0.25) is 5.82 Å². The third kappa shape index (κ3) is 5.57. The minimum Gasteiger partial charge on any atom is -0.477 e. The van der Waals surface area contributed by atoms with Crippen LogP contribution in [-0.4, -0.2) is 43.3 Å². The molecule has 0 amide bonds. The molecule has 5 rings (SSSR count). The average Bonchev–Trinajstić information content (AvgIpc) is 3.52. The predicted molar refractivity (Wildman–Crippen MR) is 150 cm³/mol. The van der Waals surface area contributed by atoms with E-state index in [2.05, 4.69) is 27.5 Å². The van der Waals surface area contributed by atoms with E-state index in [1.54, 1.807) is 28.8 Å². The van der Waals surface area contributed by atoms with Gasteiger partial charge in [0.15, 0.2) is 6.10 Å². The van der Waals surface area contributed by atoms with Gasteiger partial charge in [-0.15, -0.1) is 10.2 Å². The molecule has 2 heterocycles. The van der Waals surface area contributed by atoms with Crippen LogP contribution in [0.2, 0.25) is 5.02 Å². The van der Waals surface area contributed by atoms with Crippen LogP contribution in [0.3, 0.4) is 0 Å². The van der Waals surface area contributed by atoms with Crippen LogP contribution in [0.15, 0.2) is 71.5 Å². The molecule has 11 heteroatoms. The average molecular weight is 559 g/mol. The standard InChI is InChI=1S/C29H27ClN6O4/c1-3-4-12-24-31-23-11-7-9-21(29(38)39-2)25(23)28(37)36(24)17-18-13-15-19(16-14-18)40-26(27-32-34-35-33-27)20-8-5-6-10-22(20)30/h5-11,13-16,26H,3-4,12,17H2,1-2H3,(H,32,33,34,35). The highest BCUT2D eigenvalue weighted by molar-refractivity contribution is 6.31. The van der Waals surface area contributed by atoms with Crippen molar-refractivity contribution in [3.63, 3.8) is 0 Å². The molecular formula is C29H27ClN6O4. The lowest BCUT2D eigenvalue weighted by Crippen LogP contribution is -2.27. The van der Waals surface area contributed by atoms with Crippen molar-refractivity contribution in [2.45, 2.75) is 38.8 Å². The van der Waals surface area contributed by atoms with Crippen molar-refractivity contribution in [3.8, 4) is 5.75 Å². The van der Waals surface area contributed by atoms with Crippen LogP contribution in [0.4, 0.5) is 0 Å². The first-order chi connectivity index (χ1) is 19.5. The number of methoxy groups -OCH3 is 1. The summed E-state index contributed by atoms with van der Waals surface area (Å²) in [5.74, 6) is 0.987. The minimum absolute atomic E-state index is 0.198. The highest BCUT2D eigenvalue weighted by Crippen LogP contribution is 2.31. The maximum absolute atomic E-state index is 13.7. The SMILES string of the molecule is CCCCc1nc2cccc(C(=O)OC)c2c(=O)n1Cc1ccc(OC(c2nn[nH]n2)c2ccccc2Cl)cc1. The van der Waals surface area contributed by atoms with Crippen LogP contribution in [-0.2, 0) is 17.7 Å². The van der Waals surface area contributed by atoms with Gasteiger partial charge in [-0.3, -0.25) is 9.36 Å². The van der Waals surface area contributed by atoms with E-state index in [9.17, 15) is 9.59 Å². The zero-order valence-corrected chi connectivity index (χ0v) is 22.8. The third-order valence-corrected chi connectivity index (χ3v) is 6.87. The van der Waals surface area contributed by atoms with Crippen LogP contribution >= 0.6 is 11.6 Å². The summed E-state index contributed by atoms with van der Waals surface area (Å²) in [6.45, 7) is 2.36. The number of carbonyl (C=O) groups is 1. The minimum atomic E-state index is -0.678. The molecule has 0 saturated carbocycles. The van der Waals surface area contributed by atoms with Gasteiger partial charge < -0.3 is 9.47 Å². The van der Waals surface area contributed by atoms with Gasteiger partial charge in [-0.25, -0.2) is 9.78 Å². The Morgan fingerprint density at radius 3 is 2.58 bits per heavy atom. The van der Waals surface area contributed by atoms with Gasteiger partial charge in [-0.2, -0.15) is 5.21 Å². The molecule has 0 aliphatic carbocycles. The first-order valence-electron chi connectivity index (χ1n) is 12.8. The van der Waals surface area contributed by atoms with E-state index in [0.717, 1.165) is 18.4 Å². The Morgan fingerprint density at radius 1 is 1.07 bits per heavy atom. The van der Waals surface area contributed by atoms with Crippen molar-refractivity contribution in [3.05, 3.63) is 110 Å². The first kappa shape index (κ1) is 27.0. The lowest BCUT2D eigenvalue weighted by atomic mass is 10.1. The maximum atomic E-state index is 13.7. The topological polar surface area (TPSA) is 125 Å². The molecule has 0 saturated heterocycles. The number of fused-ring (bicyclic) bond motifs is 1. The number of tetrazole rings is 1. The number of hydrogen-bond donors (Lipinski definition) is 1. The van der Waals surface area contributed by atoms with E-state index in [1.165, 1.54) is 7.11 Å². The number of aromatic amines is 1. The summed E-state index contributed by atoms with van der Waals surface area (Å²) in [7, 11) is 1.29. The van der Waals surface area contributed by atoms with Crippen LogP contribution in [0.1, 0.15) is 59.0 Å². The summed E-state index contributed by atoms with van der Waals surface area (Å²) >= 11 is 6.43. The summed E-state index contributed by atoms with van der Waals surface area (Å²) in [5, 5.41) is 15.1. The molecule has 1 atom stereocenters. The van der Waals surface area contributed by atoms with Crippen molar-refractivity contribution in [1.82, 2.24) is 30.2 Å². The fourth-order valence-corrected chi connectivity index (χ4v) is 4.73. The Morgan fingerprint density at radius 2 is 1.88 bits per heavy atom. The Kier molecular flexibility index (Phi) is 8.16. The van der Waals surface area contributed by atoms with E-state index in [0.29, 0.717) is 39.9 Å². The number of rotatable bonds is 10. The summed E-state index contributed by atoms with van der Waals surface area (Å²) in [6.07, 6.45) is 1.79. The third-order valence-electron chi connectivity index (χ3n) is 6.52. The molecule has 5 aromatic rings. The largest absolute Gasteiger partial charge is 0.477 e. The molecule has 0 aliphatic rings. The van der Waals surface area contributed by atoms with E-state index in [4.69, 9.17) is 26.1 Å². The number of carbonyl (C=O) groups excluding carboxylic acids is 1. The molecule has 1 unspecified atom stereocenters. The van der Waals surface area contributed by atoms with Crippen molar-refractivity contribution >= 4 is 28.5 Å². The predicted octanol–water partition coefficient (Wildman–Crippen LogP) is 4.91. The molecule has 204 valence electrons. The van der Waals surface area contributed by atoms with Gasteiger partial charge in [0.25, 0.3) is 5.56 Å². The second kappa shape index (κ2) is 12.1. The number of benzene rings is 3. The van der Waals surface area contributed by atoms with Crippen molar-refractivity contribution in [2.75, 3.05) is 7.11 Å². The second-order valence-electron chi connectivity index (χ2n) is 9.15. The molecule has 0 radical (unpaired) electrons. The lowest BCUT2D eigenvalue weighted by molar-refractivity contribution is 0.0603.